The van der Waals surface area contributed by atoms with Crippen LogP contribution in [0.3, 0.4) is 0 Å². The molecule has 0 fully saturated rings. The van der Waals surface area contributed by atoms with E-state index >= 15 is 0 Å². The van der Waals surface area contributed by atoms with Gasteiger partial charge in [0.05, 0.1) is 18.2 Å². The van der Waals surface area contributed by atoms with Crippen LogP contribution in [0.1, 0.15) is 11.7 Å². The number of aliphatic carboxylic acids is 1. The van der Waals surface area contributed by atoms with Crippen LogP contribution in [0.4, 0.5) is 4.39 Å². The predicted molar refractivity (Wildman–Crippen MR) is 64.1 cm³/mol. The van der Waals surface area contributed by atoms with Gasteiger partial charge in [-0.15, -0.1) is 0 Å². The van der Waals surface area contributed by atoms with Crippen molar-refractivity contribution in [3.8, 4) is 5.75 Å². The highest BCUT2D eigenvalue weighted by Crippen LogP contribution is 2.30. The molecule has 0 aromatic heterocycles. The number of rotatable bonds is 6. The van der Waals surface area contributed by atoms with E-state index in [-0.39, 0.29) is 16.8 Å². The largest absolute Gasteiger partial charge is 0.496 e. The van der Waals surface area contributed by atoms with E-state index in [0.717, 1.165) is 6.07 Å². The number of methoxy groups -OCH3 is 1. The molecule has 0 heterocycles. The topological polar surface area (TPSA) is 76.0 Å². The Hall–Kier alpha value is -1.18. The van der Waals surface area contributed by atoms with Crippen LogP contribution in [-0.4, -0.2) is 36.5 Å². The number of hydrogen-bond acceptors (Lipinski definition) is 4. The van der Waals surface area contributed by atoms with Crippen molar-refractivity contribution in [3.63, 3.8) is 0 Å². The molecule has 0 spiro atoms. The Balaban J connectivity index is 2.80. The fraction of sp³-hybridized carbons (Fsp3) is 0.364. The van der Waals surface area contributed by atoms with Crippen molar-refractivity contribution < 1.29 is 28.9 Å². The Morgan fingerprint density at radius 1 is 1.56 bits per heavy atom. The van der Waals surface area contributed by atoms with Crippen LogP contribution < -0.4 is 4.74 Å². The van der Waals surface area contributed by atoms with Gasteiger partial charge in [0.1, 0.15) is 24.3 Å². The molecular formula is C11H12BrFO5. The van der Waals surface area contributed by atoms with Gasteiger partial charge < -0.3 is 19.7 Å². The lowest BCUT2D eigenvalue weighted by atomic mass is 10.1. The Labute approximate surface area is 111 Å². The average molecular weight is 323 g/mol. The maximum absolute atomic E-state index is 13.3. The third-order valence-corrected chi connectivity index (χ3v) is 2.74. The summed E-state index contributed by atoms with van der Waals surface area (Å²) in [6, 6.07) is 2.49. The summed E-state index contributed by atoms with van der Waals surface area (Å²) < 4.78 is 23.1. The maximum atomic E-state index is 13.3. The summed E-state index contributed by atoms with van der Waals surface area (Å²) in [5.41, 5.74) is 0.316. The van der Waals surface area contributed by atoms with Crippen molar-refractivity contribution in [2.75, 3.05) is 20.3 Å². The van der Waals surface area contributed by atoms with Crippen molar-refractivity contribution in [3.05, 3.63) is 28.0 Å². The molecule has 0 aliphatic rings. The molecule has 1 atom stereocenters. The monoisotopic (exact) mass is 322 g/mol. The molecule has 0 aliphatic carbocycles. The van der Waals surface area contributed by atoms with Crippen LogP contribution >= 0.6 is 15.9 Å². The van der Waals surface area contributed by atoms with Crippen LogP contribution in [0.15, 0.2) is 16.6 Å². The lowest BCUT2D eigenvalue weighted by molar-refractivity contribution is -0.143. The van der Waals surface area contributed by atoms with Crippen LogP contribution in [0.5, 0.6) is 5.75 Å². The minimum atomic E-state index is -1.13. The lowest BCUT2D eigenvalue weighted by Crippen LogP contribution is -2.14. The van der Waals surface area contributed by atoms with Crippen molar-refractivity contribution in [1.29, 1.82) is 0 Å². The Morgan fingerprint density at radius 3 is 2.78 bits per heavy atom. The highest BCUT2D eigenvalue weighted by molar-refractivity contribution is 9.10. The standard InChI is InChI=1S/C11H12BrFO5/c1-17-10-3-8(13)7(12)2-6(10)9(14)4-18-5-11(15)16/h2-3,9,14H,4-5H2,1H3,(H,15,16). The summed E-state index contributed by atoms with van der Waals surface area (Å²) in [6.07, 6.45) is -1.10. The predicted octanol–water partition coefficient (Wildman–Crippen LogP) is 1.73. The lowest BCUT2D eigenvalue weighted by Gasteiger charge is -2.15. The number of carboxylic acid groups (broad SMARTS) is 1. The van der Waals surface area contributed by atoms with E-state index < -0.39 is 24.5 Å². The second-order valence-electron chi connectivity index (χ2n) is 3.43. The molecule has 0 radical (unpaired) electrons. The molecule has 1 aromatic carbocycles. The van der Waals surface area contributed by atoms with Gasteiger partial charge >= 0.3 is 5.97 Å². The summed E-state index contributed by atoms with van der Waals surface area (Å²) in [5.74, 6) is -1.48. The normalized spacial score (nSPS) is 12.2. The summed E-state index contributed by atoms with van der Waals surface area (Å²) in [7, 11) is 1.34. The summed E-state index contributed by atoms with van der Waals surface area (Å²) >= 11 is 2.99. The Morgan fingerprint density at radius 2 is 2.22 bits per heavy atom. The molecular weight excluding hydrogens is 311 g/mol. The summed E-state index contributed by atoms with van der Waals surface area (Å²) in [5, 5.41) is 18.2. The van der Waals surface area contributed by atoms with Crippen molar-refractivity contribution in [1.82, 2.24) is 0 Å². The molecule has 1 aromatic rings. The number of carboxylic acids is 1. The molecule has 0 saturated carbocycles. The highest BCUT2D eigenvalue weighted by atomic mass is 79.9. The molecule has 2 N–H and O–H groups in total. The van der Waals surface area contributed by atoms with Crippen LogP contribution in [0, 0.1) is 5.82 Å². The van der Waals surface area contributed by atoms with Gasteiger partial charge in [-0.1, -0.05) is 0 Å². The molecule has 1 rings (SSSR count). The van der Waals surface area contributed by atoms with Crippen molar-refractivity contribution >= 4 is 21.9 Å². The highest BCUT2D eigenvalue weighted by Gasteiger charge is 2.17. The fourth-order valence-electron chi connectivity index (χ4n) is 1.33. The Bertz CT molecular complexity index is 438. The SMILES string of the molecule is COc1cc(F)c(Br)cc1C(O)COCC(=O)O. The molecule has 1 unspecified atom stereocenters. The smallest absolute Gasteiger partial charge is 0.329 e. The second-order valence-corrected chi connectivity index (χ2v) is 4.29. The minimum Gasteiger partial charge on any atom is -0.496 e. The van der Waals surface area contributed by atoms with E-state index in [9.17, 15) is 14.3 Å². The first kappa shape index (κ1) is 14.9. The molecule has 0 aliphatic heterocycles. The van der Waals surface area contributed by atoms with Crippen molar-refractivity contribution in [2.45, 2.75) is 6.10 Å². The van der Waals surface area contributed by atoms with Crippen molar-refractivity contribution in [2.24, 2.45) is 0 Å². The first-order valence-corrected chi connectivity index (χ1v) is 5.75. The molecule has 7 heteroatoms. The minimum absolute atomic E-state index is 0.169. The van der Waals surface area contributed by atoms with Gasteiger partial charge in [0, 0.05) is 11.6 Å². The van der Waals surface area contributed by atoms with Gasteiger partial charge in [-0.3, -0.25) is 0 Å². The zero-order chi connectivity index (χ0) is 13.7. The average Bonchev–Trinajstić information content (AvgIpc) is 2.31. The first-order chi connectivity index (χ1) is 8.45. The van der Waals surface area contributed by atoms with Gasteiger partial charge in [-0.05, 0) is 22.0 Å². The number of aliphatic hydroxyl groups is 1. The van der Waals surface area contributed by atoms with Gasteiger partial charge in [0.15, 0.2) is 0 Å². The summed E-state index contributed by atoms with van der Waals surface area (Å²) in [6.45, 7) is -0.734. The number of carbonyl (C=O) groups is 1. The molecule has 5 nitrogen and oxygen atoms in total. The van der Waals surface area contributed by atoms with Gasteiger partial charge in [0.25, 0.3) is 0 Å². The van der Waals surface area contributed by atoms with Gasteiger partial charge in [-0.2, -0.15) is 0 Å². The third-order valence-electron chi connectivity index (χ3n) is 2.13. The molecule has 18 heavy (non-hydrogen) atoms. The van der Waals surface area contributed by atoms with E-state index in [1.54, 1.807) is 0 Å². The molecule has 0 bridgehead atoms. The number of aliphatic hydroxyl groups excluding tert-OH is 1. The zero-order valence-corrected chi connectivity index (χ0v) is 11.1. The van der Waals surface area contributed by atoms with Crippen LogP contribution in [0.2, 0.25) is 0 Å². The van der Waals surface area contributed by atoms with E-state index in [1.165, 1.54) is 13.2 Å². The van der Waals surface area contributed by atoms with E-state index in [0.29, 0.717) is 5.56 Å². The first-order valence-electron chi connectivity index (χ1n) is 4.96. The number of hydrogen-bond donors (Lipinski definition) is 2. The molecule has 0 amide bonds. The Kier molecular flexibility index (Phi) is 5.52. The number of halogens is 2. The number of benzene rings is 1. The van der Waals surface area contributed by atoms with Gasteiger partial charge in [0.2, 0.25) is 0 Å². The van der Waals surface area contributed by atoms with E-state index in [4.69, 9.17) is 14.6 Å². The second kappa shape index (κ2) is 6.67. The summed E-state index contributed by atoms with van der Waals surface area (Å²) in [4.78, 5) is 10.3. The quantitative estimate of drug-likeness (QED) is 0.834. The third kappa shape index (κ3) is 3.94. The molecule has 0 saturated heterocycles. The molecule has 100 valence electrons. The maximum Gasteiger partial charge on any atom is 0.329 e. The van der Waals surface area contributed by atoms with E-state index in [1.807, 2.05) is 0 Å². The zero-order valence-electron chi connectivity index (χ0n) is 9.52. The van der Waals surface area contributed by atoms with Crippen LogP contribution in [-0.2, 0) is 9.53 Å². The number of ether oxygens (including phenoxy) is 2. The van der Waals surface area contributed by atoms with Crippen LogP contribution in [0.25, 0.3) is 0 Å². The van der Waals surface area contributed by atoms with E-state index in [2.05, 4.69) is 15.9 Å². The van der Waals surface area contributed by atoms with Gasteiger partial charge in [-0.25, -0.2) is 9.18 Å². The fourth-order valence-corrected chi connectivity index (χ4v) is 1.69.